The van der Waals surface area contributed by atoms with Crippen LogP contribution in [0, 0.1) is 13.8 Å². The van der Waals surface area contributed by atoms with Crippen LogP contribution >= 0.6 is 24.0 Å². The third-order valence-corrected chi connectivity index (χ3v) is 5.47. The summed E-state index contributed by atoms with van der Waals surface area (Å²) in [5.74, 6) is 0.922. The fourth-order valence-electron chi connectivity index (χ4n) is 3.79. The van der Waals surface area contributed by atoms with Crippen LogP contribution in [0.5, 0.6) is 0 Å². The van der Waals surface area contributed by atoms with E-state index >= 15 is 0 Å². The Kier molecular flexibility index (Phi) is 10.3. The van der Waals surface area contributed by atoms with Crippen LogP contribution in [0.2, 0.25) is 0 Å². The zero-order chi connectivity index (χ0) is 21.3. The Morgan fingerprint density at radius 1 is 1.10 bits per heavy atom. The van der Waals surface area contributed by atoms with Crippen molar-refractivity contribution in [3.8, 4) is 0 Å². The molecule has 1 aromatic carbocycles. The molecule has 2 aromatic rings. The Morgan fingerprint density at radius 3 is 2.42 bits per heavy atom. The quantitative estimate of drug-likeness (QED) is 0.245. The van der Waals surface area contributed by atoms with E-state index < -0.39 is 0 Å². The second kappa shape index (κ2) is 12.7. The zero-order valence-electron chi connectivity index (χ0n) is 18.9. The lowest BCUT2D eigenvalue weighted by Crippen LogP contribution is -2.37. The molecule has 170 valence electrons. The fraction of sp³-hybridized carbons (Fsp3) is 0.522. The van der Waals surface area contributed by atoms with Crippen LogP contribution in [0.25, 0.3) is 0 Å². The van der Waals surface area contributed by atoms with Crippen molar-refractivity contribution in [3.63, 3.8) is 0 Å². The number of carbonyl (C=O) groups excluding carboxylic acids is 1. The maximum Gasteiger partial charge on any atom is 0.253 e. The minimum Gasteiger partial charge on any atom is -0.356 e. The first-order chi connectivity index (χ1) is 14.6. The molecule has 0 radical (unpaired) electrons. The van der Waals surface area contributed by atoms with E-state index in [0.29, 0.717) is 6.54 Å². The van der Waals surface area contributed by atoms with Gasteiger partial charge >= 0.3 is 0 Å². The summed E-state index contributed by atoms with van der Waals surface area (Å²) in [6.45, 7) is 8.23. The molecule has 1 aliphatic heterocycles. The predicted octanol–water partition coefficient (Wildman–Crippen LogP) is 3.50. The van der Waals surface area contributed by atoms with Crippen LogP contribution in [0.4, 0.5) is 0 Å². The Labute approximate surface area is 202 Å². The molecule has 7 nitrogen and oxygen atoms in total. The van der Waals surface area contributed by atoms with E-state index in [-0.39, 0.29) is 29.9 Å². The molecule has 2 N–H and O–H groups in total. The maximum absolute atomic E-state index is 12.6. The molecule has 0 unspecified atom stereocenters. The van der Waals surface area contributed by atoms with Crippen molar-refractivity contribution in [3.05, 3.63) is 52.8 Å². The molecule has 0 aliphatic carbocycles. The van der Waals surface area contributed by atoms with Crippen LogP contribution in [-0.2, 0) is 13.1 Å². The van der Waals surface area contributed by atoms with Gasteiger partial charge in [0.2, 0.25) is 0 Å². The van der Waals surface area contributed by atoms with Gasteiger partial charge in [-0.05, 0) is 63.3 Å². The average molecular weight is 538 g/mol. The van der Waals surface area contributed by atoms with Gasteiger partial charge in [-0.15, -0.1) is 24.0 Å². The molecule has 1 aliphatic rings. The molecule has 1 aromatic heterocycles. The van der Waals surface area contributed by atoms with Gasteiger partial charge in [-0.3, -0.25) is 14.5 Å². The Morgan fingerprint density at radius 2 is 1.81 bits per heavy atom. The van der Waals surface area contributed by atoms with E-state index in [2.05, 4.69) is 33.7 Å². The molecule has 1 saturated heterocycles. The number of amides is 1. The van der Waals surface area contributed by atoms with Crippen molar-refractivity contribution < 1.29 is 4.79 Å². The lowest BCUT2D eigenvalue weighted by atomic mass is 10.1. The van der Waals surface area contributed by atoms with Crippen molar-refractivity contribution in [2.45, 2.75) is 52.6 Å². The molecule has 0 spiro atoms. The van der Waals surface area contributed by atoms with Gasteiger partial charge in [-0.2, -0.15) is 5.10 Å². The summed E-state index contributed by atoms with van der Waals surface area (Å²) in [6, 6.07) is 9.98. The average Bonchev–Trinajstić information content (AvgIpc) is 3.10. The zero-order valence-corrected chi connectivity index (χ0v) is 21.2. The summed E-state index contributed by atoms with van der Waals surface area (Å²) < 4.78 is 2.04. The number of nitrogens with one attached hydrogen (secondary N) is 2. The van der Waals surface area contributed by atoms with Crippen LogP contribution in [0.3, 0.4) is 0 Å². The number of halogens is 1. The first-order valence-electron chi connectivity index (χ1n) is 10.9. The van der Waals surface area contributed by atoms with Crippen molar-refractivity contribution in [1.82, 2.24) is 25.3 Å². The second-order valence-corrected chi connectivity index (χ2v) is 7.91. The van der Waals surface area contributed by atoms with E-state index in [4.69, 9.17) is 0 Å². The lowest BCUT2D eigenvalue weighted by molar-refractivity contribution is 0.0724. The standard InChI is InChI=1S/C23H34N6O.HI/c1-18-16-19(2)29(27-18)15-7-12-25-23(24-3)26-17-20-8-10-21(11-9-20)22(30)28-13-5-4-6-14-28;/h8-11,16H,4-7,12-15,17H2,1-3H3,(H2,24,25,26);1H. The molecular formula is C23H35IN6O. The predicted molar refractivity (Wildman–Crippen MR) is 136 cm³/mol. The van der Waals surface area contributed by atoms with Gasteiger partial charge in [0.05, 0.1) is 5.69 Å². The fourth-order valence-corrected chi connectivity index (χ4v) is 3.79. The molecule has 1 fully saturated rings. The third-order valence-electron chi connectivity index (χ3n) is 5.47. The smallest absolute Gasteiger partial charge is 0.253 e. The number of likely N-dealkylation sites (tertiary alicyclic amines) is 1. The molecule has 2 heterocycles. The lowest BCUT2D eigenvalue weighted by Gasteiger charge is -2.26. The largest absolute Gasteiger partial charge is 0.356 e. The highest BCUT2D eigenvalue weighted by atomic mass is 127. The molecular weight excluding hydrogens is 503 g/mol. The SMILES string of the molecule is CN=C(NCCCn1nc(C)cc1C)NCc1ccc(C(=O)N2CCCCC2)cc1.I. The van der Waals surface area contributed by atoms with Gasteiger partial charge in [0.1, 0.15) is 0 Å². The van der Waals surface area contributed by atoms with Gasteiger partial charge in [-0.25, -0.2) is 0 Å². The number of aryl methyl sites for hydroxylation is 3. The number of guanidine groups is 1. The van der Waals surface area contributed by atoms with Crippen LogP contribution in [0.15, 0.2) is 35.3 Å². The summed E-state index contributed by atoms with van der Waals surface area (Å²) in [5.41, 5.74) is 4.14. The first-order valence-corrected chi connectivity index (χ1v) is 10.9. The number of aliphatic imine (C=N–C) groups is 1. The summed E-state index contributed by atoms with van der Waals surface area (Å²) >= 11 is 0. The minimum absolute atomic E-state index is 0. The van der Waals surface area contributed by atoms with Crippen molar-refractivity contribution in [1.29, 1.82) is 0 Å². The number of rotatable bonds is 7. The minimum atomic E-state index is 0. The number of hydrogen-bond donors (Lipinski definition) is 2. The molecule has 0 atom stereocenters. The van der Waals surface area contributed by atoms with Gasteiger partial charge in [0.15, 0.2) is 5.96 Å². The summed E-state index contributed by atoms with van der Waals surface area (Å²) in [4.78, 5) is 18.8. The summed E-state index contributed by atoms with van der Waals surface area (Å²) in [7, 11) is 1.77. The summed E-state index contributed by atoms with van der Waals surface area (Å²) in [5, 5.41) is 11.2. The third kappa shape index (κ3) is 7.52. The molecule has 3 rings (SSSR count). The highest BCUT2D eigenvalue weighted by molar-refractivity contribution is 14.0. The number of piperidine rings is 1. The van der Waals surface area contributed by atoms with Crippen molar-refractivity contribution >= 4 is 35.8 Å². The van der Waals surface area contributed by atoms with Gasteiger partial charge in [0, 0.05) is 51.0 Å². The molecule has 0 bridgehead atoms. The van der Waals surface area contributed by atoms with E-state index in [1.165, 1.54) is 12.1 Å². The molecule has 31 heavy (non-hydrogen) atoms. The van der Waals surface area contributed by atoms with E-state index in [1.54, 1.807) is 7.05 Å². The van der Waals surface area contributed by atoms with Gasteiger partial charge < -0.3 is 15.5 Å². The van der Waals surface area contributed by atoms with E-state index in [9.17, 15) is 4.79 Å². The monoisotopic (exact) mass is 538 g/mol. The molecule has 0 saturated carbocycles. The highest BCUT2D eigenvalue weighted by Gasteiger charge is 2.17. The normalized spacial score (nSPS) is 14.2. The van der Waals surface area contributed by atoms with Gasteiger partial charge in [0.25, 0.3) is 5.91 Å². The topological polar surface area (TPSA) is 74.5 Å². The molecule has 8 heteroatoms. The van der Waals surface area contributed by atoms with Gasteiger partial charge in [-0.1, -0.05) is 12.1 Å². The number of nitrogens with zero attached hydrogens (tertiary/aromatic N) is 4. The Hall–Kier alpha value is -2.10. The van der Waals surface area contributed by atoms with E-state index in [0.717, 1.165) is 68.2 Å². The van der Waals surface area contributed by atoms with Crippen molar-refractivity contribution in [2.75, 3.05) is 26.7 Å². The van der Waals surface area contributed by atoms with E-state index in [1.807, 2.05) is 40.8 Å². The summed E-state index contributed by atoms with van der Waals surface area (Å²) in [6.07, 6.45) is 4.42. The van der Waals surface area contributed by atoms with Crippen LogP contribution in [0.1, 0.15) is 53.0 Å². The van der Waals surface area contributed by atoms with Crippen LogP contribution in [-0.4, -0.2) is 53.2 Å². The second-order valence-electron chi connectivity index (χ2n) is 7.91. The number of aromatic nitrogens is 2. The number of carbonyl (C=O) groups is 1. The maximum atomic E-state index is 12.6. The Balaban J connectivity index is 0.00000341. The van der Waals surface area contributed by atoms with Crippen molar-refractivity contribution in [2.24, 2.45) is 4.99 Å². The highest BCUT2D eigenvalue weighted by Crippen LogP contribution is 2.14. The van der Waals surface area contributed by atoms with Crippen LogP contribution < -0.4 is 10.6 Å². The number of hydrogen-bond acceptors (Lipinski definition) is 3. The number of benzene rings is 1. The molecule has 1 amide bonds. The Bertz CT molecular complexity index is 855. The first kappa shape index (κ1) is 25.2.